The number of nitrogens with one attached hydrogen (secondary N) is 1. The fraction of sp³-hybridized carbons (Fsp3) is 0.435. The minimum Gasteiger partial charge on any atom is -0.381 e. The molecular weight excluding hydrogens is 449 g/mol. The Morgan fingerprint density at radius 2 is 2.00 bits per heavy atom. The van der Waals surface area contributed by atoms with Crippen molar-refractivity contribution in [1.29, 1.82) is 5.26 Å². The molecule has 0 spiro atoms. The molecule has 8 nitrogen and oxygen atoms in total. The van der Waals surface area contributed by atoms with Gasteiger partial charge in [0.2, 0.25) is 5.91 Å². The number of rotatable bonds is 6. The molecule has 1 atom stereocenters. The van der Waals surface area contributed by atoms with Crippen LogP contribution >= 0.6 is 0 Å². The number of pyridine rings is 1. The Morgan fingerprint density at radius 1 is 1.32 bits per heavy atom. The Morgan fingerprint density at radius 3 is 2.62 bits per heavy atom. The molecule has 182 valence electrons. The molecule has 0 saturated heterocycles. The fourth-order valence-corrected chi connectivity index (χ4v) is 3.90. The summed E-state index contributed by atoms with van der Waals surface area (Å²) in [7, 11) is 3.39. The lowest BCUT2D eigenvalue weighted by molar-refractivity contribution is -0.137. The van der Waals surface area contributed by atoms with Crippen LogP contribution in [-0.2, 0) is 11.0 Å². The first-order chi connectivity index (χ1) is 16.1. The van der Waals surface area contributed by atoms with E-state index in [0.29, 0.717) is 25.3 Å². The third kappa shape index (κ3) is 5.40. The number of hydrogen-bond donors (Lipinski definition) is 2. The highest BCUT2D eigenvalue weighted by atomic mass is 19.4. The summed E-state index contributed by atoms with van der Waals surface area (Å²) >= 11 is 0. The maximum Gasteiger partial charge on any atom is 0.417 e. The van der Waals surface area contributed by atoms with Crippen LogP contribution in [0.4, 0.5) is 30.4 Å². The number of nitriles is 1. The molecule has 2 N–H and O–H groups in total. The van der Waals surface area contributed by atoms with Crippen molar-refractivity contribution in [2.24, 2.45) is 0 Å². The fourth-order valence-electron chi connectivity index (χ4n) is 3.90. The molecule has 1 amide bonds. The van der Waals surface area contributed by atoms with Gasteiger partial charge in [-0.1, -0.05) is 12.1 Å². The molecule has 0 bridgehead atoms. The van der Waals surface area contributed by atoms with Crippen molar-refractivity contribution in [3.05, 3.63) is 47.2 Å². The van der Waals surface area contributed by atoms with E-state index in [9.17, 15) is 28.3 Å². The average Bonchev–Trinajstić information content (AvgIpc) is 2.80. The lowest BCUT2D eigenvalue weighted by Gasteiger charge is -2.36. The standard InChI is InChI=1S/C23H27F3N6O2/c1-15-12-17(23(24,25)26)16(13-27)21(28-15)29-18-8-9-32(11-10-30(2)14-33)20-7-5-4-6-19(20)31(3)22(18)34/h4-7,12,18,33H,8-11,14H2,1-3H3,(H,28,29)/t18-/m0/s1. The van der Waals surface area contributed by atoms with Gasteiger partial charge in [0.05, 0.1) is 23.7 Å². The molecule has 3 rings (SSSR count). The van der Waals surface area contributed by atoms with E-state index < -0.39 is 23.3 Å². The number of aliphatic hydroxyl groups is 1. The number of halogens is 3. The van der Waals surface area contributed by atoms with Crippen molar-refractivity contribution < 1.29 is 23.1 Å². The Balaban J connectivity index is 1.97. The van der Waals surface area contributed by atoms with Crippen LogP contribution in [0.3, 0.4) is 0 Å². The Bertz CT molecular complexity index is 1090. The van der Waals surface area contributed by atoms with E-state index in [1.807, 2.05) is 12.1 Å². The molecule has 34 heavy (non-hydrogen) atoms. The summed E-state index contributed by atoms with van der Waals surface area (Å²) in [6, 6.07) is 8.88. The van der Waals surface area contributed by atoms with Gasteiger partial charge in [0.1, 0.15) is 23.5 Å². The predicted octanol–water partition coefficient (Wildman–Crippen LogP) is 2.82. The number of anilines is 3. The normalized spacial score (nSPS) is 16.7. The largest absolute Gasteiger partial charge is 0.417 e. The third-order valence-corrected chi connectivity index (χ3v) is 5.77. The molecule has 0 fully saturated rings. The van der Waals surface area contributed by atoms with E-state index in [2.05, 4.69) is 15.2 Å². The predicted molar refractivity (Wildman–Crippen MR) is 122 cm³/mol. The Labute approximate surface area is 196 Å². The molecule has 0 saturated carbocycles. The number of aromatic nitrogens is 1. The quantitative estimate of drug-likeness (QED) is 0.619. The molecule has 0 radical (unpaired) electrons. The number of hydrogen-bond acceptors (Lipinski definition) is 7. The van der Waals surface area contributed by atoms with Crippen molar-refractivity contribution in [2.45, 2.75) is 25.6 Å². The SMILES string of the molecule is Cc1cc(C(F)(F)F)c(C#N)c(N[C@H]2CCN(CCN(C)CO)c3ccccc3N(C)C2=O)n1. The second kappa shape index (κ2) is 10.3. The summed E-state index contributed by atoms with van der Waals surface area (Å²) in [6.07, 6.45) is -4.46. The maximum absolute atomic E-state index is 13.5. The smallest absolute Gasteiger partial charge is 0.381 e. The van der Waals surface area contributed by atoms with E-state index in [1.54, 1.807) is 37.2 Å². The second-order valence-electron chi connectivity index (χ2n) is 8.22. The number of para-hydroxylation sites is 2. The van der Waals surface area contributed by atoms with Gasteiger partial charge in [0.15, 0.2) is 0 Å². The number of benzene rings is 1. The lowest BCUT2D eigenvalue weighted by Crippen LogP contribution is -2.47. The van der Waals surface area contributed by atoms with Crippen LogP contribution in [0.15, 0.2) is 30.3 Å². The molecule has 1 aromatic heterocycles. The summed E-state index contributed by atoms with van der Waals surface area (Å²) in [5, 5.41) is 21.6. The number of fused-ring (bicyclic) bond motifs is 1. The zero-order valence-electron chi connectivity index (χ0n) is 19.2. The van der Waals surface area contributed by atoms with Gasteiger partial charge < -0.3 is 20.2 Å². The number of carbonyl (C=O) groups is 1. The van der Waals surface area contributed by atoms with Crippen LogP contribution in [0.25, 0.3) is 0 Å². The van der Waals surface area contributed by atoms with Gasteiger partial charge in [-0.25, -0.2) is 4.98 Å². The maximum atomic E-state index is 13.5. The van der Waals surface area contributed by atoms with Gasteiger partial charge in [-0.15, -0.1) is 0 Å². The molecule has 2 aromatic rings. The molecule has 11 heteroatoms. The highest BCUT2D eigenvalue weighted by molar-refractivity contribution is 6.01. The van der Waals surface area contributed by atoms with Gasteiger partial charge in [-0.05, 0) is 38.6 Å². The number of alkyl halides is 3. The Hall–Kier alpha value is -3.36. The number of nitrogens with zero attached hydrogens (tertiary/aromatic N) is 5. The molecule has 1 aliphatic heterocycles. The molecule has 2 heterocycles. The average molecular weight is 477 g/mol. The van der Waals surface area contributed by atoms with Crippen molar-refractivity contribution in [1.82, 2.24) is 9.88 Å². The highest BCUT2D eigenvalue weighted by Gasteiger charge is 2.37. The third-order valence-electron chi connectivity index (χ3n) is 5.77. The zero-order valence-corrected chi connectivity index (χ0v) is 19.2. The van der Waals surface area contributed by atoms with Crippen molar-refractivity contribution >= 4 is 23.1 Å². The van der Waals surface area contributed by atoms with Crippen molar-refractivity contribution in [2.75, 3.05) is 55.6 Å². The number of aliphatic hydroxyl groups excluding tert-OH is 1. The number of aryl methyl sites for hydroxylation is 1. The van der Waals surface area contributed by atoms with Gasteiger partial charge in [0, 0.05) is 32.4 Å². The van der Waals surface area contributed by atoms with Crippen LogP contribution < -0.4 is 15.1 Å². The molecular formula is C23H27F3N6O2. The molecule has 1 aromatic carbocycles. The topological polar surface area (TPSA) is 95.7 Å². The van der Waals surface area contributed by atoms with Gasteiger partial charge >= 0.3 is 6.18 Å². The molecule has 1 aliphatic rings. The summed E-state index contributed by atoms with van der Waals surface area (Å²) in [6.45, 7) is 2.85. The monoisotopic (exact) mass is 476 g/mol. The summed E-state index contributed by atoms with van der Waals surface area (Å²) in [5.74, 6) is -0.609. The molecule has 0 unspecified atom stereocenters. The van der Waals surface area contributed by atoms with Crippen molar-refractivity contribution in [3.8, 4) is 6.07 Å². The van der Waals surface area contributed by atoms with Crippen LogP contribution in [0.2, 0.25) is 0 Å². The van der Waals surface area contributed by atoms with Crippen LogP contribution in [0.1, 0.15) is 23.2 Å². The van der Waals surface area contributed by atoms with Gasteiger partial charge in [-0.2, -0.15) is 18.4 Å². The van der Waals surface area contributed by atoms with Crippen molar-refractivity contribution in [3.63, 3.8) is 0 Å². The summed E-state index contributed by atoms with van der Waals surface area (Å²) < 4.78 is 40.6. The first-order valence-corrected chi connectivity index (χ1v) is 10.7. The number of likely N-dealkylation sites (N-methyl/N-ethyl adjacent to an activating group) is 2. The van der Waals surface area contributed by atoms with E-state index in [4.69, 9.17) is 0 Å². The van der Waals surface area contributed by atoms with Crippen LogP contribution in [0, 0.1) is 18.3 Å². The van der Waals surface area contributed by atoms with Crippen LogP contribution in [-0.4, -0.2) is 67.4 Å². The summed E-state index contributed by atoms with van der Waals surface area (Å²) in [4.78, 5) is 22.7. The number of carbonyl (C=O) groups excluding carboxylic acids is 1. The first-order valence-electron chi connectivity index (χ1n) is 10.7. The highest BCUT2D eigenvalue weighted by Crippen LogP contribution is 2.36. The molecule has 0 aliphatic carbocycles. The minimum absolute atomic E-state index is 0.0829. The second-order valence-corrected chi connectivity index (χ2v) is 8.22. The zero-order chi connectivity index (χ0) is 25.0. The Kier molecular flexibility index (Phi) is 7.64. The minimum atomic E-state index is -4.73. The van der Waals surface area contributed by atoms with Gasteiger partial charge in [0.25, 0.3) is 0 Å². The van der Waals surface area contributed by atoms with E-state index >= 15 is 0 Å². The summed E-state index contributed by atoms with van der Waals surface area (Å²) in [5.41, 5.74) is -0.152. The first kappa shape index (κ1) is 25.3. The number of amides is 1. The lowest BCUT2D eigenvalue weighted by atomic mass is 10.1. The van der Waals surface area contributed by atoms with E-state index in [0.717, 1.165) is 11.8 Å². The van der Waals surface area contributed by atoms with Gasteiger partial charge in [-0.3, -0.25) is 9.69 Å². The van der Waals surface area contributed by atoms with E-state index in [1.165, 1.54) is 11.8 Å². The van der Waals surface area contributed by atoms with E-state index in [-0.39, 0.29) is 30.6 Å². The van der Waals surface area contributed by atoms with Crippen LogP contribution in [0.5, 0.6) is 0 Å².